The molecule has 0 fully saturated rings. The summed E-state index contributed by atoms with van der Waals surface area (Å²) in [4.78, 5) is 10.9. The number of nitrogens with zero attached hydrogens (tertiary/aromatic N) is 3. The van der Waals surface area contributed by atoms with Gasteiger partial charge in [0.15, 0.2) is 0 Å². The average Bonchev–Trinajstić information content (AvgIpc) is 2.75. The quantitative estimate of drug-likeness (QED) is 0.936. The van der Waals surface area contributed by atoms with Gasteiger partial charge >= 0.3 is 0 Å². The molecule has 0 spiro atoms. The molecule has 0 aliphatic rings. The molecule has 2 N–H and O–H groups in total. The SMILES string of the molecule is Cc1nc(CN(C)c2ccc(Cl)c(CN)n2)cs1. The number of halogens is 1. The van der Waals surface area contributed by atoms with Gasteiger partial charge in [-0.3, -0.25) is 0 Å². The molecule has 2 aromatic rings. The molecule has 0 aromatic carbocycles. The third-order valence-corrected chi connectivity index (χ3v) is 3.72. The number of pyridine rings is 1. The molecule has 2 rings (SSSR count). The third kappa shape index (κ3) is 2.98. The zero-order chi connectivity index (χ0) is 13.1. The highest BCUT2D eigenvalue weighted by Gasteiger charge is 2.08. The molecule has 0 saturated heterocycles. The topological polar surface area (TPSA) is 55.0 Å². The average molecular weight is 283 g/mol. The number of thiazole rings is 1. The smallest absolute Gasteiger partial charge is 0.129 e. The van der Waals surface area contributed by atoms with E-state index >= 15 is 0 Å². The maximum absolute atomic E-state index is 5.99. The molecule has 0 amide bonds. The van der Waals surface area contributed by atoms with Crippen LogP contribution in [0.1, 0.15) is 16.4 Å². The van der Waals surface area contributed by atoms with E-state index < -0.39 is 0 Å². The van der Waals surface area contributed by atoms with Crippen molar-refractivity contribution in [2.45, 2.75) is 20.0 Å². The molecule has 6 heteroatoms. The molecule has 0 aliphatic carbocycles. The van der Waals surface area contributed by atoms with E-state index in [1.807, 2.05) is 31.0 Å². The summed E-state index contributed by atoms with van der Waals surface area (Å²) in [5.41, 5.74) is 7.36. The minimum Gasteiger partial charge on any atom is -0.354 e. The van der Waals surface area contributed by atoms with Gasteiger partial charge in [0.05, 0.1) is 28.0 Å². The Bertz CT molecular complexity index is 541. The Hall–Kier alpha value is -1.17. The Morgan fingerprint density at radius 3 is 2.78 bits per heavy atom. The lowest BCUT2D eigenvalue weighted by Gasteiger charge is -2.17. The molecule has 18 heavy (non-hydrogen) atoms. The van der Waals surface area contributed by atoms with Gasteiger partial charge in [-0.2, -0.15) is 0 Å². The molecule has 0 saturated carbocycles. The zero-order valence-electron chi connectivity index (χ0n) is 10.4. The number of aromatic nitrogens is 2. The lowest BCUT2D eigenvalue weighted by Crippen LogP contribution is -2.18. The second-order valence-corrected chi connectivity index (χ2v) is 5.49. The van der Waals surface area contributed by atoms with Gasteiger partial charge < -0.3 is 10.6 Å². The molecule has 0 aliphatic heterocycles. The van der Waals surface area contributed by atoms with Crippen LogP contribution in [-0.2, 0) is 13.1 Å². The van der Waals surface area contributed by atoms with Crippen molar-refractivity contribution in [1.29, 1.82) is 0 Å². The first-order chi connectivity index (χ1) is 8.60. The summed E-state index contributed by atoms with van der Waals surface area (Å²) in [7, 11) is 1.98. The van der Waals surface area contributed by atoms with Gasteiger partial charge in [-0.1, -0.05) is 11.6 Å². The maximum atomic E-state index is 5.99. The summed E-state index contributed by atoms with van der Waals surface area (Å²) in [6.45, 7) is 3.07. The molecule has 4 nitrogen and oxygen atoms in total. The van der Waals surface area contributed by atoms with Crippen LogP contribution in [0, 0.1) is 6.92 Å². The van der Waals surface area contributed by atoms with Crippen molar-refractivity contribution in [1.82, 2.24) is 9.97 Å². The van der Waals surface area contributed by atoms with E-state index in [1.165, 1.54) is 0 Å². The largest absolute Gasteiger partial charge is 0.354 e. The predicted molar refractivity (Wildman–Crippen MR) is 76.1 cm³/mol. The van der Waals surface area contributed by atoms with Gasteiger partial charge in [0.2, 0.25) is 0 Å². The van der Waals surface area contributed by atoms with Crippen LogP contribution in [0.3, 0.4) is 0 Å². The molecule has 0 bridgehead atoms. The Morgan fingerprint density at radius 2 is 2.17 bits per heavy atom. The van der Waals surface area contributed by atoms with Crippen LogP contribution < -0.4 is 10.6 Å². The molecule has 0 atom stereocenters. The van der Waals surface area contributed by atoms with Crippen LogP contribution in [0.5, 0.6) is 0 Å². The van der Waals surface area contributed by atoms with Crippen molar-refractivity contribution < 1.29 is 0 Å². The monoisotopic (exact) mass is 282 g/mol. The summed E-state index contributed by atoms with van der Waals surface area (Å²) < 4.78 is 0. The maximum Gasteiger partial charge on any atom is 0.129 e. The number of nitrogens with two attached hydrogens (primary N) is 1. The minimum atomic E-state index is 0.344. The first kappa shape index (κ1) is 13.3. The van der Waals surface area contributed by atoms with Crippen LogP contribution in [-0.4, -0.2) is 17.0 Å². The van der Waals surface area contributed by atoms with Gasteiger partial charge in [0.1, 0.15) is 5.82 Å². The van der Waals surface area contributed by atoms with E-state index in [0.717, 1.165) is 28.8 Å². The summed E-state index contributed by atoms with van der Waals surface area (Å²) in [6, 6.07) is 3.72. The Balaban J connectivity index is 2.15. The van der Waals surface area contributed by atoms with Gasteiger partial charge in [-0.05, 0) is 19.1 Å². The highest BCUT2D eigenvalue weighted by atomic mass is 35.5. The van der Waals surface area contributed by atoms with Crippen molar-refractivity contribution in [3.63, 3.8) is 0 Å². The number of anilines is 1. The Labute approximate surface area is 115 Å². The highest BCUT2D eigenvalue weighted by molar-refractivity contribution is 7.09. The summed E-state index contributed by atoms with van der Waals surface area (Å²) in [5.74, 6) is 0.852. The normalized spacial score (nSPS) is 10.7. The Kier molecular flexibility index (Phi) is 4.16. The zero-order valence-corrected chi connectivity index (χ0v) is 11.9. The number of aryl methyl sites for hydroxylation is 1. The minimum absolute atomic E-state index is 0.344. The van der Waals surface area contributed by atoms with E-state index in [1.54, 1.807) is 11.3 Å². The summed E-state index contributed by atoms with van der Waals surface area (Å²) >= 11 is 7.65. The lowest BCUT2D eigenvalue weighted by molar-refractivity contribution is 0.857. The fourth-order valence-corrected chi connectivity index (χ4v) is 2.42. The molecular weight excluding hydrogens is 268 g/mol. The molecule has 96 valence electrons. The van der Waals surface area contributed by atoms with Crippen molar-refractivity contribution in [2.24, 2.45) is 5.73 Å². The summed E-state index contributed by atoms with van der Waals surface area (Å²) in [5, 5.41) is 3.75. The van der Waals surface area contributed by atoms with Crippen molar-refractivity contribution in [3.8, 4) is 0 Å². The van der Waals surface area contributed by atoms with Crippen LogP contribution in [0.25, 0.3) is 0 Å². The van der Waals surface area contributed by atoms with Crippen molar-refractivity contribution >= 4 is 28.8 Å². The molecular formula is C12H15ClN4S. The molecule has 2 heterocycles. The van der Waals surface area contributed by atoms with Gasteiger partial charge in [0, 0.05) is 19.0 Å². The second-order valence-electron chi connectivity index (χ2n) is 4.02. The molecule has 0 radical (unpaired) electrons. The van der Waals surface area contributed by atoms with Crippen molar-refractivity contribution in [3.05, 3.63) is 38.9 Å². The van der Waals surface area contributed by atoms with Gasteiger partial charge in [0.25, 0.3) is 0 Å². The van der Waals surface area contributed by atoms with E-state index in [2.05, 4.69) is 15.3 Å². The van der Waals surface area contributed by atoms with E-state index in [9.17, 15) is 0 Å². The van der Waals surface area contributed by atoms with E-state index in [0.29, 0.717) is 11.6 Å². The Morgan fingerprint density at radius 1 is 1.39 bits per heavy atom. The summed E-state index contributed by atoms with van der Waals surface area (Å²) in [6.07, 6.45) is 0. The third-order valence-electron chi connectivity index (χ3n) is 2.55. The van der Waals surface area contributed by atoms with Crippen LogP contribution in [0.2, 0.25) is 5.02 Å². The number of hydrogen-bond donors (Lipinski definition) is 1. The lowest BCUT2D eigenvalue weighted by atomic mass is 10.3. The first-order valence-electron chi connectivity index (χ1n) is 5.57. The number of hydrogen-bond acceptors (Lipinski definition) is 5. The van der Waals surface area contributed by atoms with Crippen LogP contribution in [0.4, 0.5) is 5.82 Å². The standard InChI is InChI=1S/C12H15ClN4S/c1-8-15-9(7-18-8)6-17(2)12-4-3-10(13)11(5-14)16-12/h3-4,7H,5-6,14H2,1-2H3. The predicted octanol–water partition coefficient (Wildman–Crippen LogP) is 2.60. The fraction of sp³-hybridized carbons (Fsp3) is 0.333. The van der Waals surface area contributed by atoms with Crippen LogP contribution in [0.15, 0.2) is 17.5 Å². The fourth-order valence-electron chi connectivity index (χ4n) is 1.63. The molecule has 0 unspecified atom stereocenters. The van der Waals surface area contributed by atoms with Crippen molar-refractivity contribution in [2.75, 3.05) is 11.9 Å². The van der Waals surface area contributed by atoms with Gasteiger partial charge in [-0.25, -0.2) is 9.97 Å². The van der Waals surface area contributed by atoms with E-state index in [4.69, 9.17) is 17.3 Å². The first-order valence-corrected chi connectivity index (χ1v) is 6.83. The highest BCUT2D eigenvalue weighted by Crippen LogP contribution is 2.20. The number of rotatable bonds is 4. The molecule has 2 aromatic heterocycles. The second kappa shape index (κ2) is 5.65. The van der Waals surface area contributed by atoms with Gasteiger partial charge in [-0.15, -0.1) is 11.3 Å². The van der Waals surface area contributed by atoms with E-state index in [-0.39, 0.29) is 0 Å². The van der Waals surface area contributed by atoms with Crippen LogP contribution >= 0.6 is 22.9 Å².